The Labute approximate surface area is 111 Å². The van der Waals surface area contributed by atoms with Crippen molar-refractivity contribution in [2.45, 2.75) is 27.7 Å². The van der Waals surface area contributed by atoms with Gasteiger partial charge in [-0.2, -0.15) is 0 Å². The van der Waals surface area contributed by atoms with Crippen molar-refractivity contribution in [3.63, 3.8) is 0 Å². The maximum absolute atomic E-state index is 4.60. The van der Waals surface area contributed by atoms with E-state index in [9.17, 15) is 0 Å². The highest BCUT2D eigenvalue weighted by Crippen LogP contribution is 2.22. The summed E-state index contributed by atoms with van der Waals surface area (Å²) in [7, 11) is 0. The molecule has 1 saturated heterocycles. The predicted octanol–water partition coefficient (Wildman–Crippen LogP) is 2.38. The quantitative estimate of drug-likeness (QED) is 0.826. The Morgan fingerprint density at radius 2 is 1.72 bits per heavy atom. The van der Waals surface area contributed by atoms with Gasteiger partial charge >= 0.3 is 0 Å². The van der Waals surface area contributed by atoms with Crippen LogP contribution >= 0.6 is 0 Å². The summed E-state index contributed by atoms with van der Waals surface area (Å²) in [4.78, 5) is 7.11. The van der Waals surface area contributed by atoms with Crippen LogP contribution in [0.15, 0.2) is 12.1 Å². The summed E-state index contributed by atoms with van der Waals surface area (Å²) in [5.74, 6) is 1.36. The van der Waals surface area contributed by atoms with Crippen molar-refractivity contribution in [3.05, 3.63) is 23.5 Å². The molecule has 2 heterocycles. The molecule has 0 spiro atoms. The topological polar surface area (TPSA) is 28.2 Å². The molecule has 3 heteroatoms. The van der Waals surface area contributed by atoms with Gasteiger partial charge in [0.05, 0.1) is 11.4 Å². The first-order valence-electron chi connectivity index (χ1n) is 6.96. The Morgan fingerprint density at radius 1 is 1.11 bits per heavy atom. The van der Waals surface area contributed by atoms with Crippen molar-refractivity contribution in [1.82, 2.24) is 10.3 Å². The van der Waals surface area contributed by atoms with Crippen LogP contribution < -0.4 is 10.2 Å². The van der Waals surface area contributed by atoms with Crippen LogP contribution in [0.2, 0.25) is 0 Å². The second kappa shape index (κ2) is 5.70. The summed E-state index contributed by atoms with van der Waals surface area (Å²) in [5, 5.41) is 3.54. The highest BCUT2D eigenvalue weighted by atomic mass is 15.2. The Bertz CT molecular complexity index is 391. The lowest BCUT2D eigenvalue weighted by molar-refractivity contribution is 0.410. The fourth-order valence-corrected chi connectivity index (χ4v) is 2.74. The smallest absolute Gasteiger partial charge is 0.0608 e. The summed E-state index contributed by atoms with van der Waals surface area (Å²) >= 11 is 0. The van der Waals surface area contributed by atoms with Crippen LogP contribution in [-0.2, 0) is 0 Å². The normalized spacial score (nSPS) is 25.7. The monoisotopic (exact) mass is 247 g/mol. The molecule has 18 heavy (non-hydrogen) atoms. The van der Waals surface area contributed by atoms with Gasteiger partial charge in [-0.05, 0) is 50.9 Å². The molecule has 0 aliphatic carbocycles. The van der Waals surface area contributed by atoms with Gasteiger partial charge < -0.3 is 10.2 Å². The highest BCUT2D eigenvalue weighted by molar-refractivity contribution is 5.50. The first-order valence-corrected chi connectivity index (χ1v) is 6.96. The molecule has 2 rings (SSSR count). The van der Waals surface area contributed by atoms with Gasteiger partial charge in [0.15, 0.2) is 0 Å². The fraction of sp³-hybridized carbons (Fsp3) is 0.667. The number of nitrogens with one attached hydrogen (secondary N) is 1. The lowest BCUT2D eigenvalue weighted by Gasteiger charge is -2.34. The number of anilines is 1. The van der Waals surface area contributed by atoms with Crippen molar-refractivity contribution in [1.29, 1.82) is 0 Å². The number of aromatic nitrogens is 1. The fourth-order valence-electron chi connectivity index (χ4n) is 2.74. The molecule has 1 fully saturated rings. The molecule has 1 aliphatic rings. The van der Waals surface area contributed by atoms with E-state index < -0.39 is 0 Å². The van der Waals surface area contributed by atoms with Gasteiger partial charge in [-0.3, -0.25) is 4.98 Å². The molecule has 1 aromatic rings. The zero-order chi connectivity index (χ0) is 13.1. The summed E-state index contributed by atoms with van der Waals surface area (Å²) in [5.41, 5.74) is 3.56. The Hall–Kier alpha value is -1.09. The summed E-state index contributed by atoms with van der Waals surface area (Å²) in [6, 6.07) is 4.35. The van der Waals surface area contributed by atoms with Gasteiger partial charge in [0, 0.05) is 18.8 Å². The molecule has 1 N–H and O–H groups in total. The first kappa shape index (κ1) is 13.3. The molecule has 1 aliphatic heterocycles. The SMILES string of the molecule is Cc1ccc(N2CC(C)CNCC(C)C2)c(C)n1. The Balaban J connectivity index is 2.22. The van der Waals surface area contributed by atoms with E-state index in [1.54, 1.807) is 0 Å². The number of hydrogen-bond donors (Lipinski definition) is 1. The van der Waals surface area contributed by atoms with Gasteiger partial charge in [-0.25, -0.2) is 0 Å². The molecule has 0 bridgehead atoms. The second-order valence-corrected chi connectivity index (χ2v) is 5.83. The zero-order valence-electron chi connectivity index (χ0n) is 12.0. The lowest BCUT2D eigenvalue weighted by Crippen LogP contribution is -2.43. The van der Waals surface area contributed by atoms with Crippen LogP contribution in [0, 0.1) is 25.7 Å². The second-order valence-electron chi connectivity index (χ2n) is 5.83. The van der Waals surface area contributed by atoms with Crippen molar-refractivity contribution in [2.75, 3.05) is 31.1 Å². The molecule has 0 amide bonds. The molecular formula is C15H25N3. The van der Waals surface area contributed by atoms with Gasteiger partial charge in [0.25, 0.3) is 0 Å². The van der Waals surface area contributed by atoms with Crippen molar-refractivity contribution in [2.24, 2.45) is 11.8 Å². The summed E-state index contributed by atoms with van der Waals surface area (Å²) < 4.78 is 0. The largest absolute Gasteiger partial charge is 0.369 e. The van der Waals surface area contributed by atoms with E-state index >= 15 is 0 Å². The average Bonchev–Trinajstić information content (AvgIpc) is 2.26. The third-order valence-corrected chi connectivity index (χ3v) is 3.59. The van der Waals surface area contributed by atoms with E-state index in [2.05, 4.69) is 55.0 Å². The van der Waals surface area contributed by atoms with E-state index in [1.165, 1.54) is 5.69 Å². The van der Waals surface area contributed by atoms with E-state index in [-0.39, 0.29) is 0 Å². The predicted molar refractivity (Wildman–Crippen MR) is 77.1 cm³/mol. The molecule has 0 saturated carbocycles. The average molecular weight is 247 g/mol. The number of pyridine rings is 1. The third-order valence-electron chi connectivity index (χ3n) is 3.59. The van der Waals surface area contributed by atoms with E-state index in [4.69, 9.17) is 0 Å². The van der Waals surface area contributed by atoms with Crippen molar-refractivity contribution in [3.8, 4) is 0 Å². The number of aryl methyl sites for hydroxylation is 2. The van der Waals surface area contributed by atoms with Gasteiger partial charge in [0.1, 0.15) is 0 Å². The van der Waals surface area contributed by atoms with E-state index in [0.29, 0.717) is 11.8 Å². The number of rotatable bonds is 1. The molecule has 1 aromatic heterocycles. The lowest BCUT2D eigenvalue weighted by atomic mass is 10.0. The Kier molecular flexibility index (Phi) is 4.23. The minimum Gasteiger partial charge on any atom is -0.369 e. The molecule has 3 nitrogen and oxygen atoms in total. The van der Waals surface area contributed by atoms with Crippen LogP contribution in [0.5, 0.6) is 0 Å². The van der Waals surface area contributed by atoms with Gasteiger partial charge in [-0.1, -0.05) is 13.8 Å². The Morgan fingerprint density at radius 3 is 2.28 bits per heavy atom. The van der Waals surface area contributed by atoms with Crippen molar-refractivity contribution < 1.29 is 0 Å². The van der Waals surface area contributed by atoms with Crippen molar-refractivity contribution >= 4 is 5.69 Å². The molecule has 100 valence electrons. The molecule has 2 atom stereocenters. The standard InChI is InChI=1S/C15H25N3/c1-11-7-16-8-12(2)10-18(9-11)15-6-5-13(3)17-14(15)4/h5-6,11-12,16H,7-10H2,1-4H3. The summed E-state index contributed by atoms with van der Waals surface area (Å²) in [6.07, 6.45) is 0. The highest BCUT2D eigenvalue weighted by Gasteiger charge is 2.19. The number of nitrogens with zero attached hydrogens (tertiary/aromatic N) is 2. The van der Waals surface area contributed by atoms with E-state index in [1.807, 2.05) is 0 Å². The minimum atomic E-state index is 0.679. The molecule has 2 unspecified atom stereocenters. The zero-order valence-corrected chi connectivity index (χ0v) is 12.0. The molecule has 0 radical (unpaired) electrons. The van der Waals surface area contributed by atoms with Gasteiger partial charge in [-0.15, -0.1) is 0 Å². The minimum absolute atomic E-state index is 0.679. The maximum atomic E-state index is 4.60. The maximum Gasteiger partial charge on any atom is 0.0608 e. The third kappa shape index (κ3) is 3.22. The molecule has 0 aromatic carbocycles. The first-order chi connectivity index (χ1) is 8.56. The van der Waals surface area contributed by atoms with E-state index in [0.717, 1.165) is 37.6 Å². The van der Waals surface area contributed by atoms with Crippen LogP contribution in [0.4, 0.5) is 5.69 Å². The van der Waals surface area contributed by atoms with Crippen LogP contribution in [0.1, 0.15) is 25.2 Å². The van der Waals surface area contributed by atoms with Gasteiger partial charge in [0.2, 0.25) is 0 Å². The van der Waals surface area contributed by atoms with Crippen LogP contribution in [-0.4, -0.2) is 31.2 Å². The number of hydrogen-bond acceptors (Lipinski definition) is 3. The van der Waals surface area contributed by atoms with Crippen LogP contribution in [0.25, 0.3) is 0 Å². The van der Waals surface area contributed by atoms with Crippen LogP contribution in [0.3, 0.4) is 0 Å². The summed E-state index contributed by atoms with van der Waals surface area (Å²) in [6.45, 7) is 13.2. The molecular weight excluding hydrogens is 222 g/mol.